The van der Waals surface area contributed by atoms with Crippen LogP contribution in [0.5, 0.6) is 5.75 Å². The first-order valence-electron chi connectivity index (χ1n) is 6.20. The average Bonchev–Trinajstić information content (AvgIpc) is 2.43. The molecular formula is C15H13BrF3NO. The van der Waals surface area contributed by atoms with Gasteiger partial charge in [0.05, 0.1) is 10.0 Å². The van der Waals surface area contributed by atoms with E-state index in [9.17, 15) is 13.2 Å². The Labute approximate surface area is 128 Å². The third-order valence-corrected chi connectivity index (χ3v) is 3.60. The van der Waals surface area contributed by atoms with Crippen LogP contribution < -0.4 is 10.5 Å². The fourth-order valence-corrected chi connectivity index (χ4v) is 2.20. The molecule has 0 saturated heterocycles. The van der Waals surface area contributed by atoms with E-state index in [0.29, 0.717) is 5.56 Å². The van der Waals surface area contributed by atoms with Crippen molar-refractivity contribution in [2.24, 2.45) is 5.73 Å². The van der Waals surface area contributed by atoms with Crippen molar-refractivity contribution in [3.05, 3.63) is 63.4 Å². The lowest BCUT2D eigenvalue weighted by Crippen LogP contribution is -2.08. The standard InChI is InChI=1S/C15H13BrF3NO/c1-8(20)10-3-2-9(6-14(10)18)21-7-11-13(17)5-4-12(16)15(11)19/h2-6,8H,7,20H2,1H3. The van der Waals surface area contributed by atoms with Crippen LogP contribution >= 0.6 is 15.9 Å². The van der Waals surface area contributed by atoms with Gasteiger partial charge in [-0.15, -0.1) is 0 Å². The first-order valence-corrected chi connectivity index (χ1v) is 6.99. The van der Waals surface area contributed by atoms with Crippen LogP contribution in [0.25, 0.3) is 0 Å². The Kier molecular flexibility index (Phi) is 4.90. The van der Waals surface area contributed by atoms with Gasteiger partial charge in [-0.25, -0.2) is 13.2 Å². The minimum Gasteiger partial charge on any atom is -0.489 e. The molecule has 0 aliphatic heterocycles. The Balaban J connectivity index is 2.18. The van der Waals surface area contributed by atoms with Gasteiger partial charge in [-0.3, -0.25) is 0 Å². The maximum absolute atomic E-state index is 13.8. The molecule has 1 atom stereocenters. The molecule has 0 aliphatic rings. The van der Waals surface area contributed by atoms with Crippen LogP contribution in [0.1, 0.15) is 24.1 Å². The lowest BCUT2D eigenvalue weighted by Gasteiger charge is -2.11. The number of hydrogen-bond donors (Lipinski definition) is 1. The molecule has 2 aromatic rings. The van der Waals surface area contributed by atoms with Gasteiger partial charge >= 0.3 is 0 Å². The highest BCUT2D eigenvalue weighted by Crippen LogP contribution is 2.25. The van der Waals surface area contributed by atoms with Crippen molar-refractivity contribution in [3.63, 3.8) is 0 Å². The summed E-state index contributed by atoms with van der Waals surface area (Å²) in [5.74, 6) is -1.79. The monoisotopic (exact) mass is 359 g/mol. The molecule has 0 fully saturated rings. The first kappa shape index (κ1) is 15.9. The van der Waals surface area contributed by atoms with Crippen LogP contribution in [0, 0.1) is 17.5 Å². The van der Waals surface area contributed by atoms with Crippen molar-refractivity contribution in [1.82, 2.24) is 0 Å². The summed E-state index contributed by atoms with van der Waals surface area (Å²) >= 11 is 2.97. The molecule has 6 heteroatoms. The smallest absolute Gasteiger partial charge is 0.146 e. The van der Waals surface area contributed by atoms with Gasteiger partial charge in [0.1, 0.15) is 29.8 Å². The summed E-state index contributed by atoms with van der Waals surface area (Å²) in [4.78, 5) is 0. The number of rotatable bonds is 4. The fraction of sp³-hybridized carbons (Fsp3) is 0.200. The lowest BCUT2D eigenvalue weighted by atomic mass is 10.1. The molecule has 21 heavy (non-hydrogen) atoms. The highest BCUT2D eigenvalue weighted by molar-refractivity contribution is 9.10. The van der Waals surface area contributed by atoms with Crippen molar-refractivity contribution in [2.75, 3.05) is 0 Å². The van der Waals surface area contributed by atoms with E-state index in [2.05, 4.69) is 15.9 Å². The summed E-state index contributed by atoms with van der Waals surface area (Å²) in [6.07, 6.45) is 0. The summed E-state index contributed by atoms with van der Waals surface area (Å²) in [6.45, 7) is 1.32. The fourth-order valence-electron chi connectivity index (χ4n) is 1.82. The molecule has 0 radical (unpaired) electrons. The Morgan fingerprint density at radius 2 is 1.86 bits per heavy atom. The summed E-state index contributed by atoms with van der Waals surface area (Å²) in [7, 11) is 0. The van der Waals surface area contributed by atoms with Gasteiger partial charge in [-0.05, 0) is 41.1 Å². The summed E-state index contributed by atoms with van der Waals surface area (Å²) < 4.78 is 46.4. The molecular weight excluding hydrogens is 347 g/mol. The van der Waals surface area contributed by atoms with Crippen LogP contribution in [0.2, 0.25) is 0 Å². The molecule has 0 aliphatic carbocycles. The van der Waals surface area contributed by atoms with Gasteiger partial charge in [0.25, 0.3) is 0 Å². The second kappa shape index (κ2) is 6.49. The molecule has 0 heterocycles. The first-order chi connectivity index (χ1) is 9.90. The largest absolute Gasteiger partial charge is 0.489 e. The van der Waals surface area contributed by atoms with Crippen LogP contribution in [-0.4, -0.2) is 0 Å². The van der Waals surface area contributed by atoms with Crippen LogP contribution in [0.3, 0.4) is 0 Å². The lowest BCUT2D eigenvalue weighted by molar-refractivity contribution is 0.290. The zero-order chi connectivity index (χ0) is 15.6. The third kappa shape index (κ3) is 3.57. The number of benzene rings is 2. The summed E-state index contributed by atoms with van der Waals surface area (Å²) in [5.41, 5.74) is 5.73. The van der Waals surface area contributed by atoms with Crippen molar-refractivity contribution in [1.29, 1.82) is 0 Å². The molecule has 0 spiro atoms. The molecule has 2 rings (SSSR count). The number of ether oxygens (including phenoxy) is 1. The van der Waals surface area contributed by atoms with E-state index in [1.807, 2.05) is 0 Å². The minimum atomic E-state index is -0.734. The maximum Gasteiger partial charge on any atom is 0.146 e. The molecule has 2 aromatic carbocycles. The predicted molar refractivity (Wildman–Crippen MR) is 77.4 cm³/mol. The van der Waals surface area contributed by atoms with Crippen molar-refractivity contribution < 1.29 is 17.9 Å². The molecule has 1 unspecified atom stereocenters. The maximum atomic E-state index is 13.8. The molecule has 2 nitrogen and oxygen atoms in total. The van der Waals surface area contributed by atoms with Crippen LogP contribution in [0.4, 0.5) is 13.2 Å². The second-order valence-electron chi connectivity index (χ2n) is 4.58. The number of halogens is 4. The number of hydrogen-bond acceptors (Lipinski definition) is 2. The zero-order valence-corrected chi connectivity index (χ0v) is 12.8. The van der Waals surface area contributed by atoms with Crippen LogP contribution in [0.15, 0.2) is 34.8 Å². The highest BCUT2D eigenvalue weighted by atomic mass is 79.9. The molecule has 112 valence electrons. The Hall–Kier alpha value is -1.53. The molecule has 0 amide bonds. The van der Waals surface area contributed by atoms with Gasteiger partial charge in [0, 0.05) is 17.7 Å². The van der Waals surface area contributed by atoms with Gasteiger partial charge in [-0.2, -0.15) is 0 Å². The van der Waals surface area contributed by atoms with E-state index >= 15 is 0 Å². The van der Waals surface area contributed by atoms with E-state index in [1.165, 1.54) is 18.2 Å². The second-order valence-corrected chi connectivity index (χ2v) is 5.44. The van der Waals surface area contributed by atoms with Gasteiger partial charge < -0.3 is 10.5 Å². The van der Waals surface area contributed by atoms with Crippen molar-refractivity contribution in [2.45, 2.75) is 19.6 Å². The third-order valence-electron chi connectivity index (χ3n) is 2.98. The Morgan fingerprint density at radius 3 is 2.48 bits per heavy atom. The van der Waals surface area contributed by atoms with Gasteiger partial charge in [0.2, 0.25) is 0 Å². The van der Waals surface area contributed by atoms with E-state index in [1.54, 1.807) is 6.92 Å². The van der Waals surface area contributed by atoms with Gasteiger partial charge in [0.15, 0.2) is 0 Å². The van der Waals surface area contributed by atoms with Gasteiger partial charge in [-0.1, -0.05) is 6.07 Å². The molecule has 2 N–H and O–H groups in total. The number of nitrogens with two attached hydrogens (primary N) is 1. The molecule has 0 aromatic heterocycles. The van der Waals surface area contributed by atoms with E-state index in [4.69, 9.17) is 10.5 Å². The Morgan fingerprint density at radius 1 is 1.14 bits per heavy atom. The quantitative estimate of drug-likeness (QED) is 0.817. The van der Waals surface area contributed by atoms with Crippen molar-refractivity contribution >= 4 is 15.9 Å². The topological polar surface area (TPSA) is 35.2 Å². The van der Waals surface area contributed by atoms with Crippen LogP contribution in [-0.2, 0) is 6.61 Å². The minimum absolute atomic E-state index is 0.140. The molecule has 0 saturated carbocycles. The van der Waals surface area contributed by atoms with E-state index < -0.39 is 23.5 Å². The average molecular weight is 360 g/mol. The highest BCUT2D eigenvalue weighted by Gasteiger charge is 2.14. The summed E-state index contributed by atoms with van der Waals surface area (Å²) in [5, 5.41) is 0. The predicted octanol–water partition coefficient (Wildman–Crippen LogP) is 4.47. The van der Waals surface area contributed by atoms with Crippen molar-refractivity contribution in [3.8, 4) is 5.75 Å². The van der Waals surface area contributed by atoms with E-state index in [0.717, 1.165) is 12.1 Å². The Bertz CT molecular complexity index is 662. The van der Waals surface area contributed by atoms with E-state index in [-0.39, 0.29) is 22.4 Å². The molecule has 0 bridgehead atoms. The summed E-state index contributed by atoms with van der Waals surface area (Å²) in [6, 6.07) is 6.10. The zero-order valence-electron chi connectivity index (χ0n) is 11.2. The normalized spacial score (nSPS) is 12.3. The SMILES string of the molecule is CC(N)c1ccc(OCc2c(F)ccc(Br)c2F)cc1F.